The number of rotatable bonds is 3. The third-order valence-corrected chi connectivity index (χ3v) is 6.66. The van der Waals surface area contributed by atoms with Gasteiger partial charge in [0.25, 0.3) is 5.91 Å². The molecule has 2 aromatic carbocycles. The Morgan fingerprint density at radius 3 is 2.74 bits per heavy atom. The zero-order valence-corrected chi connectivity index (χ0v) is 17.6. The number of para-hydroxylation sites is 1. The summed E-state index contributed by atoms with van der Waals surface area (Å²) in [5.74, 6) is 0.811. The monoisotopic (exact) mass is 421 g/mol. The summed E-state index contributed by atoms with van der Waals surface area (Å²) in [6, 6.07) is 15.2. The smallest absolute Gasteiger partial charge is 0.255 e. The fraction of sp³-hybridized carbons (Fsp3) is 0.417. The molecule has 0 saturated carbocycles. The van der Waals surface area contributed by atoms with Crippen LogP contribution in [0, 0.1) is 0 Å². The Bertz CT molecular complexity index is 1020. The van der Waals surface area contributed by atoms with E-state index in [1.54, 1.807) is 7.11 Å². The van der Waals surface area contributed by atoms with Gasteiger partial charge < -0.3 is 25.0 Å². The van der Waals surface area contributed by atoms with E-state index in [0.29, 0.717) is 38.1 Å². The molecule has 7 nitrogen and oxygen atoms in total. The maximum Gasteiger partial charge on any atom is 0.255 e. The fourth-order valence-electron chi connectivity index (χ4n) is 5.01. The summed E-state index contributed by atoms with van der Waals surface area (Å²) in [6.45, 7) is 1.73. The molecule has 3 heterocycles. The predicted molar refractivity (Wildman–Crippen MR) is 116 cm³/mol. The Balaban J connectivity index is 1.22. The first-order chi connectivity index (χ1) is 15.0. The lowest BCUT2D eigenvalue weighted by Gasteiger charge is -2.41. The molecular formula is C24H27N3O4. The molecule has 0 aromatic heterocycles. The van der Waals surface area contributed by atoms with Gasteiger partial charge in [0.2, 0.25) is 5.91 Å². The fourth-order valence-corrected chi connectivity index (χ4v) is 5.01. The van der Waals surface area contributed by atoms with Crippen molar-refractivity contribution < 1.29 is 19.1 Å². The molecule has 31 heavy (non-hydrogen) atoms. The van der Waals surface area contributed by atoms with Crippen molar-refractivity contribution in [3.8, 4) is 5.75 Å². The van der Waals surface area contributed by atoms with Crippen LogP contribution in [0.2, 0.25) is 0 Å². The van der Waals surface area contributed by atoms with Crippen molar-refractivity contribution in [1.29, 1.82) is 0 Å². The third-order valence-electron chi connectivity index (χ3n) is 6.66. The molecule has 2 N–H and O–H groups in total. The number of piperidine rings is 1. The molecule has 162 valence electrons. The summed E-state index contributed by atoms with van der Waals surface area (Å²) in [4.78, 5) is 27.3. The minimum absolute atomic E-state index is 0.0686. The molecule has 2 spiro atoms. The van der Waals surface area contributed by atoms with Gasteiger partial charge in [0.1, 0.15) is 11.4 Å². The van der Waals surface area contributed by atoms with Crippen molar-refractivity contribution >= 4 is 17.5 Å². The maximum atomic E-state index is 12.8. The molecule has 0 bridgehead atoms. The zero-order chi connectivity index (χ0) is 21.5. The van der Waals surface area contributed by atoms with Crippen molar-refractivity contribution in [2.75, 3.05) is 32.1 Å². The Labute approximate surface area is 181 Å². The average molecular weight is 421 g/mol. The molecule has 5 rings (SSSR count). The summed E-state index contributed by atoms with van der Waals surface area (Å²) in [5, 5.41) is 6.63. The average Bonchev–Trinajstić information content (AvgIpc) is 3.11. The number of nitrogens with zero attached hydrogens (tertiary/aromatic N) is 1. The first-order valence-electron chi connectivity index (χ1n) is 10.7. The molecular weight excluding hydrogens is 394 g/mol. The second kappa shape index (κ2) is 7.57. The van der Waals surface area contributed by atoms with E-state index in [4.69, 9.17) is 9.47 Å². The van der Waals surface area contributed by atoms with E-state index >= 15 is 0 Å². The molecule has 1 atom stereocenters. The first kappa shape index (κ1) is 19.9. The second-order valence-corrected chi connectivity index (χ2v) is 8.76. The lowest BCUT2D eigenvalue weighted by molar-refractivity contribution is -0.135. The standard InChI is InChI=1S/C24H27N3O4/c1-30-18-6-4-5-17(13-18)14-21(28)27-11-9-23(10-12-27)15-24(16-31-23)25-20-8-3-2-7-19(20)22(29)26-24/h2-8,13,25H,9-12,14-16H2,1H3,(H,26,29)/t24-/m0/s1. The van der Waals surface area contributed by atoms with Crippen LogP contribution in [0.15, 0.2) is 48.5 Å². The molecule has 0 radical (unpaired) electrons. The largest absolute Gasteiger partial charge is 0.497 e. The van der Waals surface area contributed by atoms with Gasteiger partial charge in [-0.05, 0) is 42.7 Å². The van der Waals surface area contributed by atoms with Gasteiger partial charge in [0, 0.05) is 25.2 Å². The maximum absolute atomic E-state index is 12.8. The topological polar surface area (TPSA) is 79.9 Å². The van der Waals surface area contributed by atoms with Crippen molar-refractivity contribution in [3.05, 3.63) is 59.7 Å². The van der Waals surface area contributed by atoms with Crippen LogP contribution in [-0.2, 0) is 16.0 Å². The number of carbonyl (C=O) groups is 2. The van der Waals surface area contributed by atoms with Gasteiger partial charge >= 0.3 is 0 Å². The summed E-state index contributed by atoms with van der Waals surface area (Å²) < 4.78 is 11.5. The molecule has 2 amide bonds. The van der Waals surface area contributed by atoms with Crippen LogP contribution in [0.4, 0.5) is 5.69 Å². The molecule has 3 aliphatic rings. The lowest BCUT2D eigenvalue weighted by Crippen LogP contribution is -2.59. The number of carbonyl (C=O) groups excluding carboxylic acids is 2. The third kappa shape index (κ3) is 3.74. The predicted octanol–water partition coefficient (Wildman–Crippen LogP) is 2.57. The van der Waals surface area contributed by atoms with Gasteiger partial charge in [-0.1, -0.05) is 24.3 Å². The number of ether oxygens (including phenoxy) is 2. The zero-order valence-electron chi connectivity index (χ0n) is 17.6. The highest BCUT2D eigenvalue weighted by Gasteiger charge is 2.53. The molecule has 2 aromatic rings. The number of methoxy groups -OCH3 is 1. The Hall–Kier alpha value is -3.06. The van der Waals surface area contributed by atoms with Gasteiger partial charge in [-0.15, -0.1) is 0 Å². The number of hydrogen-bond donors (Lipinski definition) is 2. The van der Waals surface area contributed by atoms with Crippen molar-refractivity contribution in [2.45, 2.75) is 36.9 Å². The summed E-state index contributed by atoms with van der Waals surface area (Å²) in [7, 11) is 1.63. The highest BCUT2D eigenvalue weighted by atomic mass is 16.5. The number of hydrogen-bond acceptors (Lipinski definition) is 5. The van der Waals surface area contributed by atoms with Crippen LogP contribution in [0.5, 0.6) is 5.75 Å². The van der Waals surface area contributed by atoms with Crippen LogP contribution < -0.4 is 15.4 Å². The van der Waals surface area contributed by atoms with Crippen LogP contribution in [0.25, 0.3) is 0 Å². The Morgan fingerprint density at radius 1 is 1.13 bits per heavy atom. The van der Waals surface area contributed by atoms with E-state index in [1.165, 1.54) is 0 Å². The summed E-state index contributed by atoms with van der Waals surface area (Å²) >= 11 is 0. The van der Waals surface area contributed by atoms with Gasteiger partial charge in [0.15, 0.2) is 0 Å². The van der Waals surface area contributed by atoms with E-state index < -0.39 is 5.66 Å². The number of amides is 2. The first-order valence-corrected chi connectivity index (χ1v) is 10.7. The van der Waals surface area contributed by atoms with Gasteiger partial charge in [0.05, 0.1) is 31.3 Å². The molecule has 0 aliphatic carbocycles. The molecule has 2 fully saturated rings. The van der Waals surface area contributed by atoms with Crippen molar-refractivity contribution in [3.63, 3.8) is 0 Å². The van der Waals surface area contributed by atoms with Crippen LogP contribution in [0.1, 0.15) is 35.2 Å². The number of fused-ring (bicyclic) bond motifs is 1. The second-order valence-electron chi connectivity index (χ2n) is 8.76. The Kier molecular flexibility index (Phi) is 4.85. The highest BCUT2D eigenvalue weighted by molar-refractivity contribution is 6.02. The number of likely N-dealkylation sites (tertiary alicyclic amines) is 1. The van der Waals surface area contributed by atoms with Crippen LogP contribution in [0.3, 0.4) is 0 Å². The van der Waals surface area contributed by atoms with E-state index in [1.807, 2.05) is 53.4 Å². The van der Waals surface area contributed by atoms with Crippen LogP contribution >= 0.6 is 0 Å². The van der Waals surface area contributed by atoms with Gasteiger partial charge in [-0.2, -0.15) is 0 Å². The number of nitrogens with one attached hydrogen (secondary N) is 2. The van der Waals surface area contributed by atoms with Crippen LogP contribution in [-0.4, -0.2) is 54.8 Å². The van der Waals surface area contributed by atoms with Gasteiger partial charge in [-0.25, -0.2) is 0 Å². The molecule has 3 aliphatic heterocycles. The normalized spacial score (nSPS) is 23.9. The minimum atomic E-state index is -0.585. The lowest BCUT2D eigenvalue weighted by atomic mass is 9.84. The minimum Gasteiger partial charge on any atom is -0.497 e. The van der Waals surface area contributed by atoms with Crippen molar-refractivity contribution in [1.82, 2.24) is 10.2 Å². The van der Waals surface area contributed by atoms with E-state index in [-0.39, 0.29) is 17.4 Å². The number of benzene rings is 2. The van der Waals surface area contributed by atoms with Gasteiger partial charge in [-0.3, -0.25) is 9.59 Å². The van der Waals surface area contributed by atoms with Crippen molar-refractivity contribution in [2.24, 2.45) is 0 Å². The van der Waals surface area contributed by atoms with E-state index in [9.17, 15) is 9.59 Å². The summed E-state index contributed by atoms with van der Waals surface area (Å²) in [6.07, 6.45) is 2.58. The number of anilines is 1. The molecule has 0 unspecified atom stereocenters. The molecule has 7 heteroatoms. The Morgan fingerprint density at radius 2 is 1.94 bits per heavy atom. The summed E-state index contributed by atoms with van der Waals surface area (Å²) in [5.41, 5.74) is 1.55. The van der Waals surface area contributed by atoms with E-state index in [2.05, 4.69) is 10.6 Å². The SMILES string of the molecule is COc1cccc(CC(=O)N2CCC3(CC2)C[C@@]2(CO3)NC(=O)c3ccccc3N2)c1. The quantitative estimate of drug-likeness (QED) is 0.796. The molecule has 2 saturated heterocycles. The highest BCUT2D eigenvalue weighted by Crippen LogP contribution is 2.42. The van der Waals surface area contributed by atoms with E-state index in [0.717, 1.165) is 29.8 Å².